The van der Waals surface area contributed by atoms with Crippen LogP contribution < -0.4 is 10.2 Å². The van der Waals surface area contributed by atoms with Crippen LogP contribution in [0.3, 0.4) is 0 Å². The molecule has 0 radical (unpaired) electrons. The lowest BCUT2D eigenvalue weighted by molar-refractivity contribution is 0.0958. The molecule has 128 valence electrons. The van der Waals surface area contributed by atoms with E-state index >= 15 is 0 Å². The van der Waals surface area contributed by atoms with E-state index in [2.05, 4.69) is 37.4 Å². The predicted molar refractivity (Wildman–Crippen MR) is 96.6 cm³/mol. The molecule has 1 N–H and O–H groups in total. The first-order chi connectivity index (χ1) is 11.7. The normalized spacial score (nSPS) is 15.5. The molecule has 6 nitrogen and oxygen atoms in total. The smallest absolute Gasteiger partial charge is 0.269 e. The third-order valence-electron chi connectivity index (χ3n) is 4.23. The average molecular weight is 345 g/mol. The topological polar surface area (TPSA) is 61.4 Å². The summed E-state index contributed by atoms with van der Waals surface area (Å²) in [5, 5.41) is 6.00. The molecule has 0 aromatic carbocycles. The van der Waals surface area contributed by atoms with Gasteiger partial charge in [0.1, 0.15) is 5.69 Å². The van der Waals surface area contributed by atoms with Gasteiger partial charge in [-0.2, -0.15) is 0 Å². The highest BCUT2D eigenvalue weighted by Gasteiger charge is 2.19. The summed E-state index contributed by atoms with van der Waals surface area (Å²) in [5.41, 5.74) is 2.70. The van der Waals surface area contributed by atoms with Crippen LogP contribution in [-0.4, -0.2) is 54.0 Å². The van der Waals surface area contributed by atoms with E-state index in [0.29, 0.717) is 5.69 Å². The zero-order chi connectivity index (χ0) is 16.9. The molecule has 0 atom stereocenters. The lowest BCUT2D eigenvalue weighted by Crippen LogP contribution is -2.46. The number of carbonyl (C=O) groups excluding carboxylic acids is 1. The zero-order valence-electron chi connectivity index (χ0n) is 14.2. The van der Waals surface area contributed by atoms with Crippen molar-refractivity contribution in [3.8, 4) is 0 Å². The van der Waals surface area contributed by atoms with E-state index in [1.807, 2.05) is 12.1 Å². The van der Waals surface area contributed by atoms with E-state index in [-0.39, 0.29) is 5.91 Å². The van der Waals surface area contributed by atoms with Gasteiger partial charge < -0.3 is 10.2 Å². The molecular weight excluding hydrogens is 322 g/mol. The van der Waals surface area contributed by atoms with Crippen molar-refractivity contribution in [1.29, 1.82) is 0 Å². The molecule has 1 aliphatic rings. The first kappa shape index (κ1) is 16.9. The molecule has 2 aromatic rings. The number of aromatic nitrogens is 2. The van der Waals surface area contributed by atoms with Gasteiger partial charge in [-0.15, -0.1) is 11.3 Å². The van der Waals surface area contributed by atoms with Crippen LogP contribution in [0.25, 0.3) is 0 Å². The third kappa shape index (κ3) is 3.91. The van der Waals surface area contributed by atoms with Crippen molar-refractivity contribution < 1.29 is 4.79 Å². The SMILES string of the molecule is CCc1nc(CN2CCN(c3ccnc(C(=O)NC)c3)CC2)cs1. The summed E-state index contributed by atoms with van der Waals surface area (Å²) in [4.78, 5) is 25.3. The van der Waals surface area contributed by atoms with E-state index in [0.717, 1.165) is 44.8 Å². The number of amides is 1. The number of thiazole rings is 1. The minimum Gasteiger partial charge on any atom is -0.369 e. The van der Waals surface area contributed by atoms with Crippen LogP contribution in [0, 0.1) is 0 Å². The van der Waals surface area contributed by atoms with Crippen molar-refractivity contribution in [3.05, 3.63) is 40.1 Å². The number of rotatable bonds is 5. The van der Waals surface area contributed by atoms with Crippen molar-refractivity contribution in [2.45, 2.75) is 19.9 Å². The molecule has 1 aliphatic heterocycles. The van der Waals surface area contributed by atoms with Crippen LogP contribution in [-0.2, 0) is 13.0 Å². The van der Waals surface area contributed by atoms with Crippen molar-refractivity contribution >= 4 is 22.9 Å². The van der Waals surface area contributed by atoms with E-state index in [1.165, 1.54) is 10.7 Å². The Morgan fingerprint density at radius 2 is 2.12 bits per heavy atom. The number of nitrogens with one attached hydrogen (secondary N) is 1. The van der Waals surface area contributed by atoms with Crippen LogP contribution in [0.2, 0.25) is 0 Å². The van der Waals surface area contributed by atoms with Gasteiger partial charge in [0.2, 0.25) is 0 Å². The number of hydrogen-bond acceptors (Lipinski definition) is 6. The predicted octanol–water partition coefficient (Wildman–Crippen LogP) is 1.78. The maximum absolute atomic E-state index is 11.7. The van der Waals surface area contributed by atoms with Crippen molar-refractivity contribution in [3.63, 3.8) is 0 Å². The molecule has 0 spiro atoms. The van der Waals surface area contributed by atoms with E-state index in [9.17, 15) is 4.79 Å². The highest BCUT2D eigenvalue weighted by molar-refractivity contribution is 7.09. The molecule has 7 heteroatoms. The Labute approximate surface area is 146 Å². The fourth-order valence-electron chi connectivity index (χ4n) is 2.85. The zero-order valence-corrected chi connectivity index (χ0v) is 15.0. The monoisotopic (exact) mass is 345 g/mol. The lowest BCUT2D eigenvalue weighted by Gasteiger charge is -2.35. The van der Waals surface area contributed by atoms with Gasteiger partial charge in [0, 0.05) is 57.0 Å². The lowest BCUT2D eigenvalue weighted by atomic mass is 10.2. The van der Waals surface area contributed by atoms with Gasteiger partial charge in [0.05, 0.1) is 10.7 Å². The molecule has 0 saturated carbocycles. The maximum atomic E-state index is 11.7. The number of anilines is 1. The molecule has 1 fully saturated rings. The Kier molecular flexibility index (Phi) is 5.42. The summed E-state index contributed by atoms with van der Waals surface area (Å²) < 4.78 is 0. The second kappa shape index (κ2) is 7.72. The first-order valence-corrected chi connectivity index (χ1v) is 9.16. The molecule has 0 bridgehead atoms. The maximum Gasteiger partial charge on any atom is 0.269 e. The van der Waals surface area contributed by atoms with Gasteiger partial charge in [0.15, 0.2) is 0 Å². The highest BCUT2D eigenvalue weighted by Crippen LogP contribution is 2.18. The third-order valence-corrected chi connectivity index (χ3v) is 5.27. The molecule has 1 amide bonds. The summed E-state index contributed by atoms with van der Waals surface area (Å²) >= 11 is 1.75. The highest BCUT2D eigenvalue weighted by atomic mass is 32.1. The van der Waals surface area contributed by atoms with Gasteiger partial charge >= 0.3 is 0 Å². The quantitative estimate of drug-likeness (QED) is 0.895. The van der Waals surface area contributed by atoms with E-state index in [4.69, 9.17) is 0 Å². The molecule has 3 rings (SSSR count). The number of pyridine rings is 1. The second-order valence-electron chi connectivity index (χ2n) is 5.83. The molecular formula is C17H23N5OS. The largest absolute Gasteiger partial charge is 0.369 e. The van der Waals surface area contributed by atoms with Gasteiger partial charge in [-0.25, -0.2) is 4.98 Å². The minimum atomic E-state index is -0.147. The number of piperazine rings is 1. The fourth-order valence-corrected chi connectivity index (χ4v) is 3.58. The van der Waals surface area contributed by atoms with Crippen molar-refractivity contribution in [2.24, 2.45) is 0 Å². The van der Waals surface area contributed by atoms with Gasteiger partial charge in [-0.05, 0) is 18.6 Å². The average Bonchev–Trinajstić information content (AvgIpc) is 3.09. The number of aryl methyl sites for hydroxylation is 1. The second-order valence-corrected chi connectivity index (χ2v) is 6.77. The van der Waals surface area contributed by atoms with Crippen LogP contribution in [0.1, 0.15) is 28.1 Å². The summed E-state index contributed by atoms with van der Waals surface area (Å²) in [7, 11) is 1.62. The van der Waals surface area contributed by atoms with Gasteiger partial charge in [-0.3, -0.25) is 14.7 Å². The minimum absolute atomic E-state index is 0.147. The van der Waals surface area contributed by atoms with Crippen LogP contribution >= 0.6 is 11.3 Å². The first-order valence-electron chi connectivity index (χ1n) is 8.28. The van der Waals surface area contributed by atoms with Crippen LogP contribution in [0.4, 0.5) is 5.69 Å². The van der Waals surface area contributed by atoms with E-state index < -0.39 is 0 Å². The van der Waals surface area contributed by atoms with Gasteiger partial charge in [-0.1, -0.05) is 6.92 Å². The molecule has 1 saturated heterocycles. The molecule has 0 aliphatic carbocycles. The summed E-state index contributed by atoms with van der Waals surface area (Å²) in [5.74, 6) is -0.147. The molecule has 2 aromatic heterocycles. The van der Waals surface area contributed by atoms with Crippen molar-refractivity contribution in [2.75, 3.05) is 38.1 Å². The Morgan fingerprint density at radius 1 is 1.33 bits per heavy atom. The van der Waals surface area contributed by atoms with Gasteiger partial charge in [0.25, 0.3) is 5.91 Å². The summed E-state index contributed by atoms with van der Waals surface area (Å²) in [6, 6.07) is 3.83. The summed E-state index contributed by atoms with van der Waals surface area (Å²) in [6.07, 6.45) is 2.71. The molecule has 24 heavy (non-hydrogen) atoms. The molecule has 3 heterocycles. The van der Waals surface area contributed by atoms with Crippen molar-refractivity contribution in [1.82, 2.24) is 20.2 Å². The Hall–Kier alpha value is -1.99. The van der Waals surface area contributed by atoms with Crippen LogP contribution in [0.15, 0.2) is 23.7 Å². The number of carbonyl (C=O) groups is 1. The Balaban J connectivity index is 1.57. The number of hydrogen-bond donors (Lipinski definition) is 1. The van der Waals surface area contributed by atoms with E-state index in [1.54, 1.807) is 24.6 Å². The number of nitrogens with zero attached hydrogens (tertiary/aromatic N) is 4. The Morgan fingerprint density at radius 3 is 2.79 bits per heavy atom. The van der Waals surface area contributed by atoms with Crippen LogP contribution in [0.5, 0.6) is 0 Å². The Bertz CT molecular complexity index is 694. The molecule has 0 unspecified atom stereocenters. The fraction of sp³-hybridized carbons (Fsp3) is 0.471. The summed E-state index contributed by atoms with van der Waals surface area (Å²) in [6.45, 7) is 6.95. The standard InChI is InChI=1S/C17H23N5OS/c1-3-16-20-13(12-24-16)11-21-6-8-22(9-7-21)14-4-5-19-15(10-14)17(23)18-2/h4-5,10,12H,3,6-9,11H2,1-2H3,(H,18,23).